The fourth-order valence-electron chi connectivity index (χ4n) is 2.67. The normalized spacial score (nSPS) is 10.5. The van der Waals surface area contributed by atoms with Crippen molar-refractivity contribution in [2.24, 2.45) is 0 Å². The first-order chi connectivity index (χ1) is 12.7. The van der Waals surface area contributed by atoms with Crippen LogP contribution in [0.3, 0.4) is 0 Å². The first-order valence-electron chi connectivity index (χ1n) is 10.1. The third kappa shape index (κ3) is 12.5. The van der Waals surface area contributed by atoms with Gasteiger partial charge in [-0.3, -0.25) is 9.59 Å². The van der Waals surface area contributed by atoms with E-state index in [1.165, 1.54) is 32.1 Å². The summed E-state index contributed by atoms with van der Waals surface area (Å²) in [5.74, 6) is -0.376. The number of hydrogen-bond acceptors (Lipinski definition) is 4. The predicted molar refractivity (Wildman–Crippen MR) is 104 cm³/mol. The van der Waals surface area contributed by atoms with Crippen molar-refractivity contribution in [1.82, 2.24) is 0 Å². The Hall–Kier alpha value is -1.84. The molecule has 0 bridgehead atoms. The van der Waals surface area contributed by atoms with E-state index in [9.17, 15) is 9.59 Å². The van der Waals surface area contributed by atoms with Crippen molar-refractivity contribution < 1.29 is 19.1 Å². The molecule has 0 aromatic heterocycles. The van der Waals surface area contributed by atoms with Crippen LogP contribution in [-0.4, -0.2) is 18.5 Å². The Balaban J connectivity index is 1.90. The van der Waals surface area contributed by atoms with Gasteiger partial charge in [0.2, 0.25) is 0 Å². The molecule has 146 valence electrons. The van der Waals surface area contributed by atoms with Gasteiger partial charge in [-0.15, -0.1) is 0 Å². The number of ether oxygens (including phenoxy) is 2. The zero-order valence-electron chi connectivity index (χ0n) is 16.2. The summed E-state index contributed by atoms with van der Waals surface area (Å²) in [4.78, 5) is 23.3. The Labute approximate surface area is 158 Å². The molecule has 0 aliphatic heterocycles. The van der Waals surface area contributed by atoms with E-state index in [0.29, 0.717) is 38.9 Å². The van der Waals surface area contributed by atoms with E-state index in [0.717, 1.165) is 18.4 Å². The molecule has 1 aromatic rings. The van der Waals surface area contributed by atoms with Gasteiger partial charge in [-0.25, -0.2) is 0 Å². The number of carbonyl (C=O) groups excluding carboxylic acids is 2. The molecule has 0 unspecified atom stereocenters. The molecule has 4 heteroatoms. The van der Waals surface area contributed by atoms with Gasteiger partial charge in [0.15, 0.2) is 0 Å². The SMILES string of the molecule is CCCCCCCCCOC(=O)CCCCC(=O)OCc1ccccc1. The van der Waals surface area contributed by atoms with Crippen LogP contribution in [0.15, 0.2) is 30.3 Å². The van der Waals surface area contributed by atoms with E-state index in [4.69, 9.17) is 9.47 Å². The Morgan fingerprint density at radius 3 is 1.96 bits per heavy atom. The van der Waals surface area contributed by atoms with Crippen LogP contribution in [0.2, 0.25) is 0 Å². The largest absolute Gasteiger partial charge is 0.466 e. The molecule has 0 aliphatic carbocycles. The van der Waals surface area contributed by atoms with Crippen LogP contribution in [-0.2, 0) is 25.7 Å². The molecule has 0 amide bonds. The average molecular weight is 363 g/mol. The molecule has 0 aliphatic rings. The van der Waals surface area contributed by atoms with Crippen molar-refractivity contribution in [1.29, 1.82) is 0 Å². The maximum Gasteiger partial charge on any atom is 0.306 e. The monoisotopic (exact) mass is 362 g/mol. The summed E-state index contributed by atoms with van der Waals surface area (Å²) in [6, 6.07) is 9.61. The van der Waals surface area contributed by atoms with Crippen molar-refractivity contribution in [2.75, 3.05) is 6.61 Å². The molecule has 0 heterocycles. The van der Waals surface area contributed by atoms with Gasteiger partial charge in [0.1, 0.15) is 6.61 Å². The molecule has 4 nitrogen and oxygen atoms in total. The van der Waals surface area contributed by atoms with Gasteiger partial charge >= 0.3 is 11.9 Å². The maximum atomic E-state index is 11.7. The minimum Gasteiger partial charge on any atom is -0.466 e. The molecular formula is C22H34O4. The molecule has 0 fully saturated rings. The summed E-state index contributed by atoms with van der Waals surface area (Å²) in [5.41, 5.74) is 0.981. The maximum absolute atomic E-state index is 11.7. The average Bonchev–Trinajstić information content (AvgIpc) is 2.66. The standard InChI is InChI=1S/C22H34O4/c1-2-3-4-5-6-7-13-18-25-21(23)16-11-12-17-22(24)26-19-20-14-9-8-10-15-20/h8-10,14-15H,2-7,11-13,16-19H2,1H3. The minimum atomic E-state index is -0.217. The van der Waals surface area contributed by atoms with Crippen LogP contribution in [0.25, 0.3) is 0 Å². The van der Waals surface area contributed by atoms with Gasteiger partial charge in [-0.05, 0) is 24.8 Å². The summed E-state index contributed by atoms with van der Waals surface area (Å²) in [6.45, 7) is 3.04. The number of carbonyl (C=O) groups is 2. The first kappa shape index (κ1) is 22.2. The van der Waals surface area contributed by atoms with Crippen LogP contribution in [0.4, 0.5) is 0 Å². The van der Waals surface area contributed by atoms with Crippen molar-refractivity contribution in [2.45, 2.75) is 84.2 Å². The zero-order chi connectivity index (χ0) is 18.9. The van der Waals surface area contributed by atoms with E-state index in [1.807, 2.05) is 30.3 Å². The van der Waals surface area contributed by atoms with Gasteiger partial charge in [-0.2, -0.15) is 0 Å². The molecule has 0 spiro atoms. The van der Waals surface area contributed by atoms with Crippen molar-refractivity contribution in [3.8, 4) is 0 Å². The highest BCUT2D eigenvalue weighted by Gasteiger charge is 2.06. The second kappa shape index (κ2) is 15.4. The third-order valence-electron chi connectivity index (χ3n) is 4.27. The molecule has 0 radical (unpaired) electrons. The second-order valence-electron chi connectivity index (χ2n) is 6.70. The highest BCUT2D eigenvalue weighted by atomic mass is 16.5. The van der Waals surface area contributed by atoms with Crippen LogP contribution >= 0.6 is 0 Å². The summed E-state index contributed by atoms with van der Waals surface area (Å²) < 4.78 is 10.4. The Bertz CT molecular complexity index is 484. The van der Waals surface area contributed by atoms with Crippen molar-refractivity contribution >= 4 is 11.9 Å². The molecule has 0 atom stereocenters. The molecule has 0 saturated carbocycles. The fourth-order valence-corrected chi connectivity index (χ4v) is 2.67. The van der Waals surface area contributed by atoms with Gasteiger partial charge < -0.3 is 9.47 Å². The minimum absolute atomic E-state index is 0.159. The van der Waals surface area contributed by atoms with Gasteiger partial charge in [0.25, 0.3) is 0 Å². The fraction of sp³-hybridized carbons (Fsp3) is 0.636. The van der Waals surface area contributed by atoms with E-state index in [1.54, 1.807) is 0 Å². The number of rotatable bonds is 15. The van der Waals surface area contributed by atoms with Crippen molar-refractivity contribution in [3.05, 3.63) is 35.9 Å². The zero-order valence-corrected chi connectivity index (χ0v) is 16.2. The topological polar surface area (TPSA) is 52.6 Å². The smallest absolute Gasteiger partial charge is 0.306 e. The summed E-state index contributed by atoms with van der Waals surface area (Å²) >= 11 is 0. The predicted octanol–water partition coefficient (Wildman–Crippen LogP) is 5.58. The molecular weight excluding hydrogens is 328 g/mol. The lowest BCUT2D eigenvalue weighted by molar-refractivity contribution is -0.146. The van der Waals surface area contributed by atoms with E-state index < -0.39 is 0 Å². The Morgan fingerprint density at radius 2 is 1.31 bits per heavy atom. The van der Waals surface area contributed by atoms with E-state index in [-0.39, 0.29) is 11.9 Å². The second-order valence-corrected chi connectivity index (χ2v) is 6.70. The highest BCUT2D eigenvalue weighted by molar-refractivity contribution is 5.70. The molecule has 0 saturated heterocycles. The summed E-state index contributed by atoms with van der Waals surface area (Å²) in [6.07, 6.45) is 10.5. The van der Waals surface area contributed by atoms with Gasteiger partial charge in [0, 0.05) is 12.8 Å². The summed E-state index contributed by atoms with van der Waals surface area (Å²) in [5, 5.41) is 0. The van der Waals surface area contributed by atoms with E-state index >= 15 is 0 Å². The van der Waals surface area contributed by atoms with E-state index in [2.05, 4.69) is 6.92 Å². The Morgan fingerprint density at radius 1 is 0.731 bits per heavy atom. The summed E-state index contributed by atoms with van der Waals surface area (Å²) in [7, 11) is 0. The van der Waals surface area contributed by atoms with Crippen LogP contribution < -0.4 is 0 Å². The van der Waals surface area contributed by atoms with Gasteiger partial charge in [0.05, 0.1) is 6.61 Å². The van der Waals surface area contributed by atoms with Crippen LogP contribution in [0.1, 0.15) is 83.1 Å². The lowest BCUT2D eigenvalue weighted by Crippen LogP contribution is -2.07. The number of hydrogen-bond donors (Lipinski definition) is 0. The number of esters is 2. The van der Waals surface area contributed by atoms with Crippen LogP contribution in [0.5, 0.6) is 0 Å². The molecule has 1 aromatic carbocycles. The quantitative estimate of drug-likeness (QED) is 0.302. The van der Waals surface area contributed by atoms with Crippen LogP contribution in [0, 0.1) is 0 Å². The number of benzene rings is 1. The lowest BCUT2D eigenvalue weighted by atomic mass is 10.1. The van der Waals surface area contributed by atoms with Gasteiger partial charge in [-0.1, -0.05) is 75.8 Å². The highest BCUT2D eigenvalue weighted by Crippen LogP contribution is 2.08. The van der Waals surface area contributed by atoms with Crippen molar-refractivity contribution in [3.63, 3.8) is 0 Å². The molecule has 1 rings (SSSR count). The third-order valence-corrected chi connectivity index (χ3v) is 4.27. The number of unbranched alkanes of at least 4 members (excludes halogenated alkanes) is 7. The lowest BCUT2D eigenvalue weighted by Gasteiger charge is -2.06. The molecule has 26 heavy (non-hydrogen) atoms. The first-order valence-corrected chi connectivity index (χ1v) is 10.1. The Kier molecular flexibility index (Phi) is 13.2. The molecule has 0 N–H and O–H groups in total.